The van der Waals surface area contributed by atoms with Crippen LogP contribution in [-0.2, 0) is 48.6 Å². The first-order valence-corrected chi connectivity index (χ1v) is 11.8. The highest BCUT2D eigenvalue weighted by Gasteiger charge is 2.49. The number of ether oxygens (including phenoxy) is 2. The number of carbonyl (C=O) groups is 3. The Labute approximate surface area is 192 Å². The van der Waals surface area contributed by atoms with Crippen LogP contribution in [-0.4, -0.2) is 49.1 Å². The molecule has 1 aromatic rings. The second-order valence-corrected chi connectivity index (χ2v) is 10.9. The topological polar surface area (TPSA) is 152 Å². The van der Waals surface area contributed by atoms with Crippen molar-refractivity contribution in [2.45, 2.75) is 60.7 Å². The van der Waals surface area contributed by atoms with Gasteiger partial charge < -0.3 is 19.3 Å². The van der Waals surface area contributed by atoms with Crippen molar-refractivity contribution in [2.24, 2.45) is 10.8 Å². The van der Waals surface area contributed by atoms with Crippen molar-refractivity contribution < 1.29 is 46.5 Å². The fourth-order valence-electron chi connectivity index (χ4n) is 2.55. The third kappa shape index (κ3) is 8.22. The average molecular weight is 490 g/mol. The molecule has 1 aliphatic heterocycles. The molecular weight excluding hydrogens is 459 g/mol. The fourth-order valence-corrected chi connectivity index (χ4v) is 4.06. The van der Waals surface area contributed by atoms with Gasteiger partial charge in [0.1, 0.15) is 18.1 Å². The van der Waals surface area contributed by atoms with Crippen molar-refractivity contribution in [3.8, 4) is 0 Å². The molecule has 2 rings (SSSR count). The first-order valence-electron chi connectivity index (χ1n) is 10.3. The fraction of sp³-hybridized carbons (Fsp3) is 0.700. The highest BCUT2D eigenvalue weighted by atomic mass is 31.2. The van der Waals surface area contributed by atoms with E-state index in [-0.39, 0.29) is 26.2 Å². The minimum absolute atomic E-state index is 0.0271. The second-order valence-electron chi connectivity index (χ2n) is 9.25. The maximum Gasteiger partial charge on any atom is 0.478 e. The molecule has 0 saturated carbocycles. The number of nitrogens with one attached hydrogen (secondary N) is 1. The lowest BCUT2D eigenvalue weighted by molar-refractivity contribution is -0.163. The molecule has 0 bridgehead atoms. The van der Waals surface area contributed by atoms with E-state index in [9.17, 15) is 18.9 Å². The molecule has 1 saturated heterocycles. The minimum atomic E-state index is -4.15. The van der Waals surface area contributed by atoms with E-state index in [0.29, 0.717) is 11.5 Å². The van der Waals surface area contributed by atoms with Gasteiger partial charge in [-0.3, -0.25) is 23.4 Å². The van der Waals surface area contributed by atoms with E-state index in [1.807, 2.05) is 0 Å². The van der Waals surface area contributed by atoms with Crippen molar-refractivity contribution in [3.63, 3.8) is 0 Å². The van der Waals surface area contributed by atoms with Gasteiger partial charge in [0.05, 0.1) is 18.4 Å². The van der Waals surface area contributed by atoms with Crippen molar-refractivity contribution in [1.29, 1.82) is 0 Å². The van der Waals surface area contributed by atoms with Crippen LogP contribution in [0, 0.1) is 17.8 Å². The van der Waals surface area contributed by atoms with Gasteiger partial charge in [-0.05, 0) is 27.7 Å². The van der Waals surface area contributed by atoms with Gasteiger partial charge in [-0.1, -0.05) is 19.0 Å². The van der Waals surface area contributed by atoms with Gasteiger partial charge in [-0.15, -0.1) is 0 Å². The highest BCUT2D eigenvalue weighted by molar-refractivity contribution is 7.48. The summed E-state index contributed by atoms with van der Waals surface area (Å²) in [6.07, 6.45) is -1.28. The van der Waals surface area contributed by atoms with Gasteiger partial charge in [0.15, 0.2) is 6.10 Å². The summed E-state index contributed by atoms with van der Waals surface area (Å²) in [6, 6.07) is 1.64. The number of phosphoric ester groups is 1. The predicted octanol–water partition coefficient (Wildman–Crippen LogP) is 2.65. The standard InChI is InChI=1S/C20H31N2O10P/c1-13-9-14(22-31-13)10-27-15(23)7-8-21-17(24)16-20(5,6)11-29-33(26,32-16)30-12-28-18(25)19(2,3)4/h9,16H,7-8,10-12H2,1-6H3,(H,21,24)/t16-,33-/m0/s1. The Morgan fingerprint density at radius 2 is 1.97 bits per heavy atom. The summed E-state index contributed by atoms with van der Waals surface area (Å²) in [5, 5.41) is 6.27. The molecule has 1 aromatic heterocycles. The van der Waals surface area contributed by atoms with Crippen LogP contribution >= 0.6 is 7.82 Å². The lowest BCUT2D eigenvalue weighted by atomic mass is 9.87. The Balaban J connectivity index is 1.81. The number of rotatable bonds is 9. The van der Waals surface area contributed by atoms with E-state index in [0.717, 1.165) is 0 Å². The van der Waals surface area contributed by atoms with Gasteiger partial charge in [-0.2, -0.15) is 0 Å². The summed E-state index contributed by atoms with van der Waals surface area (Å²) < 4.78 is 43.2. The molecule has 0 aliphatic carbocycles. The molecule has 0 spiro atoms. The van der Waals surface area contributed by atoms with Gasteiger partial charge >= 0.3 is 19.8 Å². The van der Waals surface area contributed by atoms with E-state index in [2.05, 4.69) is 10.5 Å². The molecule has 0 radical (unpaired) electrons. The highest BCUT2D eigenvalue weighted by Crippen LogP contribution is 2.57. The Morgan fingerprint density at radius 1 is 1.27 bits per heavy atom. The number of aryl methyl sites for hydroxylation is 1. The third-order valence-electron chi connectivity index (χ3n) is 4.48. The Bertz CT molecular complexity index is 905. The number of phosphoric acid groups is 1. The van der Waals surface area contributed by atoms with Gasteiger partial charge in [0, 0.05) is 18.0 Å². The van der Waals surface area contributed by atoms with Crippen LogP contribution in [0.15, 0.2) is 10.6 Å². The van der Waals surface area contributed by atoms with Crippen LogP contribution in [0.5, 0.6) is 0 Å². The van der Waals surface area contributed by atoms with Gasteiger partial charge in [0.25, 0.3) is 0 Å². The van der Waals surface area contributed by atoms with E-state index in [1.165, 1.54) is 0 Å². The lowest BCUT2D eigenvalue weighted by Gasteiger charge is -2.39. The van der Waals surface area contributed by atoms with Crippen LogP contribution < -0.4 is 5.32 Å². The molecule has 186 valence electrons. The minimum Gasteiger partial charge on any atom is -0.459 e. The molecule has 0 unspecified atom stereocenters. The monoisotopic (exact) mass is 490 g/mol. The molecule has 13 heteroatoms. The molecule has 2 heterocycles. The number of hydrogen-bond acceptors (Lipinski definition) is 11. The summed E-state index contributed by atoms with van der Waals surface area (Å²) in [7, 11) is -4.15. The molecular formula is C20H31N2O10P. The van der Waals surface area contributed by atoms with Crippen molar-refractivity contribution >= 4 is 25.7 Å². The molecule has 0 aromatic carbocycles. The third-order valence-corrected chi connectivity index (χ3v) is 5.81. The maximum absolute atomic E-state index is 12.7. The SMILES string of the molecule is Cc1cc(COC(=O)CCNC(=O)[C@@H]2O[P@](=O)(OCOC(=O)C(C)(C)C)OCC2(C)C)no1. The Hall–Kier alpha value is -2.27. The Morgan fingerprint density at radius 3 is 2.58 bits per heavy atom. The first-order chi connectivity index (χ1) is 15.2. The molecule has 1 N–H and O–H groups in total. The van der Waals surface area contributed by atoms with Gasteiger partial charge in [-0.25, -0.2) is 9.09 Å². The number of esters is 2. The summed E-state index contributed by atoms with van der Waals surface area (Å²) in [5.41, 5.74) is -1.13. The first kappa shape index (κ1) is 27.0. The zero-order chi connectivity index (χ0) is 24.9. The van der Waals surface area contributed by atoms with Crippen LogP contribution in [0.3, 0.4) is 0 Å². The maximum atomic E-state index is 12.7. The van der Waals surface area contributed by atoms with Crippen molar-refractivity contribution in [1.82, 2.24) is 10.5 Å². The zero-order valence-electron chi connectivity index (χ0n) is 19.7. The molecule has 1 amide bonds. The molecule has 1 aliphatic rings. The van der Waals surface area contributed by atoms with Crippen LogP contribution in [0.4, 0.5) is 0 Å². The van der Waals surface area contributed by atoms with E-state index in [1.54, 1.807) is 47.6 Å². The lowest BCUT2D eigenvalue weighted by Crippen LogP contribution is -2.50. The Kier molecular flexibility index (Phi) is 8.81. The normalized spacial score (nSPS) is 22.4. The predicted molar refractivity (Wildman–Crippen MR) is 112 cm³/mol. The van der Waals surface area contributed by atoms with Crippen molar-refractivity contribution in [2.75, 3.05) is 19.9 Å². The summed E-state index contributed by atoms with van der Waals surface area (Å²) in [4.78, 5) is 36.3. The number of carbonyl (C=O) groups excluding carboxylic acids is 3. The van der Waals surface area contributed by atoms with Gasteiger partial charge in [0.2, 0.25) is 12.7 Å². The molecule has 12 nitrogen and oxygen atoms in total. The summed E-state index contributed by atoms with van der Waals surface area (Å²) in [5.74, 6) is -1.11. The summed E-state index contributed by atoms with van der Waals surface area (Å²) in [6.45, 7) is 9.23. The molecule has 2 atom stereocenters. The quantitative estimate of drug-likeness (QED) is 0.309. The molecule has 1 fully saturated rings. The van der Waals surface area contributed by atoms with Crippen molar-refractivity contribution in [3.05, 3.63) is 17.5 Å². The van der Waals surface area contributed by atoms with Crippen LogP contribution in [0.1, 0.15) is 52.5 Å². The van der Waals surface area contributed by atoms with E-state index >= 15 is 0 Å². The summed E-state index contributed by atoms with van der Waals surface area (Å²) >= 11 is 0. The zero-order valence-corrected chi connectivity index (χ0v) is 20.6. The van der Waals surface area contributed by atoms with Crippen LogP contribution in [0.25, 0.3) is 0 Å². The largest absolute Gasteiger partial charge is 0.478 e. The molecule has 33 heavy (non-hydrogen) atoms. The van der Waals surface area contributed by atoms with E-state index in [4.69, 9.17) is 27.6 Å². The van der Waals surface area contributed by atoms with Crippen LogP contribution in [0.2, 0.25) is 0 Å². The number of amides is 1. The number of hydrogen-bond donors (Lipinski definition) is 1. The number of nitrogens with zero attached hydrogens (tertiary/aromatic N) is 1. The number of aromatic nitrogens is 1. The average Bonchev–Trinajstić information content (AvgIpc) is 3.13. The smallest absolute Gasteiger partial charge is 0.459 e. The van der Waals surface area contributed by atoms with E-state index < -0.39 is 49.4 Å². The second kappa shape index (κ2) is 10.8.